The molecule has 0 saturated carbocycles. The number of halogens is 1. The van der Waals surface area contributed by atoms with Crippen LogP contribution in [0.3, 0.4) is 0 Å². The van der Waals surface area contributed by atoms with E-state index in [2.05, 4.69) is 36.2 Å². The maximum atomic E-state index is 9.32. The summed E-state index contributed by atoms with van der Waals surface area (Å²) in [4.78, 5) is 7.31. The van der Waals surface area contributed by atoms with Crippen molar-refractivity contribution in [3.05, 3.63) is 30.3 Å². The number of hydrogen-bond acceptors (Lipinski definition) is 2. The van der Waals surface area contributed by atoms with Gasteiger partial charge in [-0.25, -0.2) is 0 Å². The first-order valence-electron chi connectivity index (χ1n) is 9.41. The lowest BCUT2D eigenvalue weighted by molar-refractivity contribution is 0.245. The second-order valence-electron chi connectivity index (χ2n) is 7.21. The average molecular weight is 459 g/mol. The molecule has 1 aliphatic rings. The van der Waals surface area contributed by atoms with Gasteiger partial charge in [0, 0.05) is 31.9 Å². The van der Waals surface area contributed by atoms with Gasteiger partial charge in [0.05, 0.1) is 0 Å². The molecule has 2 rings (SSSR count). The van der Waals surface area contributed by atoms with Crippen LogP contribution in [0.1, 0.15) is 46.0 Å². The van der Waals surface area contributed by atoms with Crippen LogP contribution in [0.5, 0.6) is 0 Å². The molecule has 1 aliphatic heterocycles. The second-order valence-corrected chi connectivity index (χ2v) is 7.21. The van der Waals surface area contributed by atoms with Crippen LogP contribution in [0.15, 0.2) is 35.3 Å². The number of nitrogens with zero attached hydrogens (tertiary/aromatic N) is 2. The molecular weight excluding hydrogens is 425 g/mol. The molecule has 1 atom stereocenters. The Hall–Kier alpha value is -0.820. The van der Waals surface area contributed by atoms with E-state index in [1.807, 2.05) is 18.2 Å². The van der Waals surface area contributed by atoms with Crippen molar-refractivity contribution in [2.24, 2.45) is 16.8 Å². The lowest BCUT2D eigenvalue weighted by atomic mass is 9.94. The predicted octanol–water partition coefficient (Wildman–Crippen LogP) is 4.60. The zero-order chi connectivity index (χ0) is 17.2. The molecule has 0 aromatic heterocycles. The van der Waals surface area contributed by atoms with Gasteiger partial charge in [-0.05, 0) is 56.1 Å². The number of aliphatic imine (C=N–C) groups is 1. The number of para-hydroxylation sites is 1. The molecule has 25 heavy (non-hydrogen) atoms. The van der Waals surface area contributed by atoms with Crippen LogP contribution in [-0.2, 0) is 0 Å². The third-order valence-electron chi connectivity index (χ3n) is 4.53. The largest absolute Gasteiger partial charge is 0.396 e. The summed E-state index contributed by atoms with van der Waals surface area (Å²) >= 11 is 0. The molecule has 142 valence electrons. The fourth-order valence-electron chi connectivity index (χ4n) is 3.32. The van der Waals surface area contributed by atoms with Crippen LogP contribution in [-0.4, -0.2) is 42.2 Å². The van der Waals surface area contributed by atoms with E-state index < -0.39 is 0 Å². The van der Waals surface area contributed by atoms with Gasteiger partial charge in [0.25, 0.3) is 0 Å². The maximum absolute atomic E-state index is 9.32. The van der Waals surface area contributed by atoms with Gasteiger partial charge in [0.2, 0.25) is 0 Å². The van der Waals surface area contributed by atoms with Gasteiger partial charge in [-0.2, -0.15) is 0 Å². The zero-order valence-corrected chi connectivity index (χ0v) is 18.0. The lowest BCUT2D eigenvalue weighted by Gasteiger charge is -2.30. The van der Waals surface area contributed by atoms with Gasteiger partial charge < -0.3 is 15.3 Å². The predicted molar refractivity (Wildman–Crippen MR) is 118 cm³/mol. The highest BCUT2D eigenvalue weighted by atomic mass is 127. The van der Waals surface area contributed by atoms with E-state index in [4.69, 9.17) is 4.99 Å². The van der Waals surface area contributed by atoms with Crippen LogP contribution < -0.4 is 5.32 Å². The lowest BCUT2D eigenvalue weighted by Crippen LogP contribution is -2.40. The van der Waals surface area contributed by atoms with Crippen LogP contribution in [0.4, 0.5) is 5.69 Å². The Morgan fingerprint density at radius 2 is 1.84 bits per heavy atom. The monoisotopic (exact) mass is 459 g/mol. The Labute approximate surface area is 170 Å². The Bertz CT molecular complexity index is 487. The molecule has 1 aromatic carbocycles. The van der Waals surface area contributed by atoms with Crippen molar-refractivity contribution in [1.29, 1.82) is 0 Å². The van der Waals surface area contributed by atoms with E-state index in [0.29, 0.717) is 11.8 Å². The van der Waals surface area contributed by atoms with Gasteiger partial charge in [0.15, 0.2) is 5.96 Å². The Kier molecular flexibility index (Phi) is 11.1. The third-order valence-corrected chi connectivity index (χ3v) is 4.53. The highest BCUT2D eigenvalue weighted by Crippen LogP contribution is 2.17. The number of guanidine groups is 1. The molecular formula is C20H34IN3O. The van der Waals surface area contributed by atoms with Crippen LogP contribution in [0.25, 0.3) is 0 Å². The smallest absolute Gasteiger partial charge is 0.198 e. The summed E-state index contributed by atoms with van der Waals surface area (Å²) in [5, 5.41) is 12.8. The van der Waals surface area contributed by atoms with Crippen molar-refractivity contribution in [3.63, 3.8) is 0 Å². The fourth-order valence-corrected chi connectivity index (χ4v) is 3.32. The van der Waals surface area contributed by atoms with Crippen molar-refractivity contribution >= 4 is 35.6 Å². The molecule has 0 bridgehead atoms. The van der Waals surface area contributed by atoms with Gasteiger partial charge in [-0.1, -0.05) is 32.0 Å². The molecule has 1 heterocycles. The highest BCUT2D eigenvalue weighted by Gasteiger charge is 2.16. The topological polar surface area (TPSA) is 47.9 Å². The Morgan fingerprint density at radius 1 is 1.16 bits per heavy atom. The van der Waals surface area contributed by atoms with Crippen LogP contribution in [0.2, 0.25) is 0 Å². The molecule has 0 radical (unpaired) electrons. The Morgan fingerprint density at radius 3 is 2.44 bits per heavy atom. The van der Waals surface area contributed by atoms with E-state index in [0.717, 1.165) is 44.1 Å². The number of aliphatic hydroxyl groups is 1. The normalized spacial score (nSPS) is 16.5. The van der Waals surface area contributed by atoms with Crippen molar-refractivity contribution in [1.82, 2.24) is 4.90 Å². The number of benzene rings is 1. The molecule has 1 fully saturated rings. The second kappa shape index (κ2) is 12.5. The molecule has 0 aliphatic carbocycles. The first kappa shape index (κ1) is 22.2. The molecule has 1 aromatic rings. The summed E-state index contributed by atoms with van der Waals surface area (Å²) in [6.45, 7) is 7.66. The van der Waals surface area contributed by atoms with E-state index in [-0.39, 0.29) is 30.6 Å². The first-order valence-corrected chi connectivity index (χ1v) is 9.41. The minimum absolute atomic E-state index is 0. The van der Waals surface area contributed by atoms with Crippen molar-refractivity contribution in [2.45, 2.75) is 46.0 Å². The van der Waals surface area contributed by atoms with E-state index >= 15 is 0 Å². The van der Waals surface area contributed by atoms with E-state index in [1.165, 1.54) is 19.3 Å². The van der Waals surface area contributed by atoms with E-state index in [9.17, 15) is 5.11 Å². The minimum atomic E-state index is 0. The number of likely N-dealkylation sites (tertiary alicyclic amines) is 1. The summed E-state index contributed by atoms with van der Waals surface area (Å²) in [5.41, 5.74) is 1.09. The summed E-state index contributed by atoms with van der Waals surface area (Å²) in [5.74, 6) is 2.08. The van der Waals surface area contributed by atoms with Crippen molar-refractivity contribution in [3.8, 4) is 0 Å². The standard InChI is InChI=1S/C20H33N3O.HI/c1-17(2)15-18(11-14-24)16-21-20(23-12-7-4-8-13-23)22-19-9-5-3-6-10-19;/h3,5-6,9-10,17-18,24H,4,7-8,11-16H2,1-2H3,(H,21,22);1H. The quantitative estimate of drug-likeness (QED) is 0.356. The molecule has 1 unspecified atom stereocenters. The minimum Gasteiger partial charge on any atom is -0.396 e. The number of anilines is 1. The molecule has 0 amide bonds. The SMILES string of the molecule is CC(C)CC(CCO)CN=C(Nc1ccccc1)N1CCCCC1.I. The number of nitrogens with one attached hydrogen (secondary N) is 1. The summed E-state index contributed by atoms with van der Waals surface area (Å²) in [6.07, 6.45) is 5.74. The molecule has 0 spiro atoms. The van der Waals surface area contributed by atoms with Crippen LogP contribution in [0, 0.1) is 11.8 Å². The molecule has 1 saturated heterocycles. The third kappa shape index (κ3) is 8.40. The van der Waals surface area contributed by atoms with Crippen LogP contribution >= 0.6 is 24.0 Å². The summed E-state index contributed by atoms with van der Waals surface area (Å²) < 4.78 is 0. The molecule has 4 nitrogen and oxygen atoms in total. The molecule has 2 N–H and O–H groups in total. The number of aliphatic hydroxyl groups excluding tert-OH is 1. The van der Waals surface area contributed by atoms with Gasteiger partial charge in [-0.3, -0.25) is 4.99 Å². The number of piperidine rings is 1. The number of rotatable bonds is 7. The summed E-state index contributed by atoms with van der Waals surface area (Å²) in [6, 6.07) is 10.3. The van der Waals surface area contributed by atoms with Gasteiger partial charge in [-0.15, -0.1) is 24.0 Å². The summed E-state index contributed by atoms with van der Waals surface area (Å²) in [7, 11) is 0. The first-order chi connectivity index (χ1) is 11.7. The average Bonchev–Trinajstić information content (AvgIpc) is 2.60. The van der Waals surface area contributed by atoms with E-state index in [1.54, 1.807) is 0 Å². The van der Waals surface area contributed by atoms with Crippen molar-refractivity contribution in [2.75, 3.05) is 31.6 Å². The van der Waals surface area contributed by atoms with Gasteiger partial charge >= 0.3 is 0 Å². The number of hydrogen-bond donors (Lipinski definition) is 2. The Balaban J connectivity index is 0.00000312. The fraction of sp³-hybridized carbons (Fsp3) is 0.650. The molecule has 5 heteroatoms. The van der Waals surface area contributed by atoms with Gasteiger partial charge in [0.1, 0.15) is 0 Å². The van der Waals surface area contributed by atoms with Crippen molar-refractivity contribution < 1.29 is 5.11 Å². The maximum Gasteiger partial charge on any atom is 0.198 e. The zero-order valence-electron chi connectivity index (χ0n) is 15.7. The highest BCUT2D eigenvalue weighted by molar-refractivity contribution is 14.0.